The Hall–Kier alpha value is -3.10. The summed E-state index contributed by atoms with van der Waals surface area (Å²) in [5, 5.41) is 7.87. The van der Waals surface area contributed by atoms with E-state index in [1.807, 2.05) is 37.3 Å². The number of rotatable bonds is 9. The highest BCUT2D eigenvalue weighted by atomic mass is 35.5. The zero-order chi connectivity index (χ0) is 24.8. The number of amides is 1. The lowest BCUT2D eigenvalue weighted by atomic mass is 9.96. The number of carbonyl (C=O) groups excluding carboxylic acids is 1. The number of nitrogens with zero attached hydrogens (tertiary/aromatic N) is 3. The number of methoxy groups -OCH3 is 2. The maximum atomic E-state index is 12.9. The third-order valence-corrected chi connectivity index (χ3v) is 6.69. The molecule has 0 radical (unpaired) electrons. The van der Waals surface area contributed by atoms with Crippen LogP contribution in [0.2, 0.25) is 5.02 Å². The molecule has 0 bridgehead atoms. The van der Waals surface area contributed by atoms with Crippen molar-refractivity contribution in [2.24, 2.45) is 0 Å². The zero-order valence-electron chi connectivity index (χ0n) is 20.3. The molecular weight excluding hydrogens is 468 g/mol. The van der Waals surface area contributed by atoms with Crippen molar-refractivity contribution in [3.8, 4) is 22.9 Å². The molecular formula is C26H31ClN4O4. The van der Waals surface area contributed by atoms with E-state index in [1.54, 1.807) is 26.4 Å². The largest absolute Gasteiger partial charge is 0.493 e. The summed E-state index contributed by atoms with van der Waals surface area (Å²) in [4.78, 5) is 19.7. The quantitative estimate of drug-likeness (QED) is 0.469. The van der Waals surface area contributed by atoms with Crippen LogP contribution in [0.3, 0.4) is 0 Å². The van der Waals surface area contributed by atoms with Crippen LogP contribution in [-0.2, 0) is 11.2 Å². The van der Waals surface area contributed by atoms with E-state index in [1.165, 1.54) is 0 Å². The molecule has 1 aromatic heterocycles. The summed E-state index contributed by atoms with van der Waals surface area (Å²) in [5.41, 5.74) is 1.93. The molecule has 186 valence electrons. The van der Waals surface area contributed by atoms with Gasteiger partial charge in [-0.3, -0.25) is 9.69 Å². The summed E-state index contributed by atoms with van der Waals surface area (Å²) < 4.78 is 16.2. The number of ether oxygens (including phenoxy) is 2. The van der Waals surface area contributed by atoms with Gasteiger partial charge >= 0.3 is 0 Å². The van der Waals surface area contributed by atoms with E-state index in [4.69, 9.17) is 25.6 Å². The van der Waals surface area contributed by atoms with Gasteiger partial charge in [0.25, 0.3) is 0 Å². The molecule has 2 unspecified atom stereocenters. The summed E-state index contributed by atoms with van der Waals surface area (Å²) in [7, 11) is 3.23. The van der Waals surface area contributed by atoms with Crippen LogP contribution in [0, 0.1) is 0 Å². The fourth-order valence-electron chi connectivity index (χ4n) is 4.36. The van der Waals surface area contributed by atoms with Gasteiger partial charge in [0.1, 0.15) is 0 Å². The minimum atomic E-state index is -0.248. The lowest BCUT2D eigenvalue weighted by Crippen LogP contribution is -2.49. The monoisotopic (exact) mass is 498 g/mol. The number of carbonyl (C=O) groups is 1. The summed E-state index contributed by atoms with van der Waals surface area (Å²) in [5.74, 6) is 2.65. The molecule has 1 fully saturated rings. The van der Waals surface area contributed by atoms with E-state index < -0.39 is 0 Å². The molecule has 2 aromatic carbocycles. The first-order valence-electron chi connectivity index (χ1n) is 11.8. The molecule has 35 heavy (non-hydrogen) atoms. The van der Waals surface area contributed by atoms with E-state index in [9.17, 15) is 4.79 Å². The molecule has 8 nitrogen and oxygen atoms in total. The average Bonchev–Trinajstić information content (AvgIpc) is 3.39. The molecule has 2 atom stereocenters. The van der Waals surface area contributed by atoms with Crippen molar-refractivity contribution in [3.63, 3.8) is 0 Å². The molecule has 0 aliphatic carbocycles. The lowest BCUT2D eigenvalue weighted by Gasteiger charge is -2.34. The summed E-state index contributed by atoms with van der Waals surface area (Å²) in [6.07, 6.45) is 2.62. The summed E-state index contributed by atoms with van der Waals surface area (Å²) in [6.45, 7) is 4.05. The Labute approximate surface area is 210 Å². The first-order valence-corrected chi connectivity index (χ1v) is 12.2. The molecule has 3 aromatic rings. The van der Waals surface area contributed by atoms with Crippen LogP contribution >= 0.6 is 11.6 Å². The van der Waals surface area contributed by atoms with Crippen LogP contribution < -0.4 is 14.8 Å². The number of benzene rings is 2. The molecule has 1 amide bonds. The van der Waals surface area contributed by atoms with Gasteiger partial charge in [0.15, 0.2) is 11.5 Å². The normalized spacial score (nSPS) is 17.1. The molecule has 1 N–H and O–H groups in total. The predicted molar refractivity (Wildman–Crippen MR) is 134 cm³/mol. The molecule has 0 spiro atoms. The molecule has 1 aliphatic heterocycles. The lowest BCUT2D eigenvalue weighted by molar-refractivity contribution is -0.126. The second kappa shape index (κ2) is 11.6. The Kier molecular flexibility index (Phi) is 8.25. The highest BCUT2D eigenvalue weighted by Crippen LogP contribution is 2.29. The maximum Gasteiger partial charge on any atom is 0.237 e. The van der Waals surface area contributed by atoms with Crippen LogP contribution in [0.1, 0.15) is 37.1 Å². The standard InChI is InChI=1S/C26H31ClN4O4/c1-17(25(32)28-13-12-18-6-11-22(33-2)23(15-18)34-3)31-14-4-5-20(16-31)26-29-24(30-35-26)19-7-9-21(27)10-8-19/h6-11,15,17,20H,4-5,12-14,16H2,1-3H3,(H,28,32). The van der Waals surface area contributed by atoms with E-state index >= 15 is 0 Å². The van der Waals surface area contributed by atoms with Crippen molar-refractivity contribution in [3.05, 3.63) is 58.9 Å². The molecule has 4 rings (SSSR count). The van der Waals surface area contributed by atoms with Gasteiger partial charge in [-0.15, -0.1) is 0 Å². The molecule has 0 saturated carbocycles. The zero-order valence-corrected chi connectivity index (χ0v) is 21.0. The van der Waals surface area contributed by atoms with Crippen LogP contribution in [-0.4, -0.2) is 60.8 Å². The van der Waals surface area contributed by atoms with Crippen molar-refractivity contribution < 1.29 is 18.8 Å². The van der Waals surface area contributed by atoms with Crippen LogP contribution in [0.15, 0.2) is 47.0 Å². The third kappa shape index (κ3) is 6.13. The van der Waals surface area contributed by atoms with Crippen molar-refractivity contribution in [1.29, 1.82) is 0 Å². The number of piperidine rings is 1. The van der Waals surface area contributed by atoms with Crippen molar-refractivity contribution >= 4 is 17.5 Å². The topological polar surface area (TPSA) is 89.7 Å². The summed E-state index contributed by atoms with van der Waals surface area (Å²) >= 11 is 5.97. The minimum Gasteiger partial charge on any atom is -0.493 e. The van der Waals surface area contributed by atoms with Gasteiger partial charge in [0, 0.05) is 23.7 Å². The minimum absolute atomic E-state index is 0.0125. The molecule has 2 heterocycles. The van der Waals surface area contributed by atoms with Crippen LogP contribution in [0.25, 0.3) is 11.4 Å². The van der Waals surface area contributed by atoms with E-state index in [0.717, 1.165) is 30.5 Å². The summed E-state index contributed by atoms with van der Waals surface area (Å²) in [6, 6.07) is 12.9. The van der Waals surface area contributed by atoms with Crippen LogP contribution in [0.4, 0.5) is 0 Å². The van der Waals surface area contributed by atoms with Gasteiger partial charge in [0.05, 0.1) is 26.2 Å². The number of aromatic nitrogens is 2. The van der Waals surface area contributed by atoms with Gasteiger partial charge in [-0.2, -0.15) is 4.98 Å². The van der Waals surface area contributed by atoms with E-state index in [-0.39, 0.29) is 17.9 Å². The third-order valence-electron chi connectivity index (χ3n) is 6.43. The number of halogens is 1. The van der Waals surface area contributed by atoms with E-state index in [0.29, 0.717) is 47.7 Å². The Morgan fingerprint density at radius 3 is 2.71 bits per heavy atom. The fourth-order valence-corrected chi connectivity index (χ4v) is 4.48. The molecule has 9 heteroatoms. The highest BCUT2D eigenvalue weighted by Gasteiger charge is 2.31. The number of hydrogen-bond donors (Lipinski definition) is 1. The Balaban J connectivity index is 1.30. The average molecular weight is 499 g/mol. The van der Waals surface area contributed by atoms with Crippen molar-refractivity contribution in [2.75, 3.05) is 33.9 Å². The maximum absolute atomic E-state index is 12.9. The fraction of sp³-hybridized carbons (Fsp3) is 0.423. The van der Waals surface area contributed by atoms with E-state index in [2.05, 4.69) is 20.4 Å². The predicted octanol–water partition coefficient (Wildman–Crippen LogP) is 4.33. The first-order chi connectivity index (χ1) is 17.0. The molecule has 1 aliphatic rings. The van der Waals surface area contributed by atoms with Gasteiger partial charge in [-0.25, -0.2) is 0 Å². The number of hydrogen-bond acceptors (Lipinski definition) is 7. The second-order valence-electron chi connectivity index (χ2n) is 8.70. The Morgan fingerprint density at radius 2 is 1.97 bits per heavy atom. The SMILES string of the molecule is COc1ccc(CCNC(=O)C(C)N2CCCC(c3nc(-c4ccc(Cl)cc4)no3)C2)cc1OC. The Bertz CT molecular complexity index is 1130. The molecule has 1 saturated heterocycles. The first kappa shape index (κ1) is 25.0. The second-order valence-corrected chi connectivity index (χ2v) is 9.14. The van der Waals surface area contributed by atoms with Gasteiger partial charge in [0.2, 0.25) is 17.6 Å². The smallest absolute Gasteiger partial charge is 0.237 e. The van der Waals surface area contributed by atoms with Gasteiger partial charge in [-0.05, 0) is 74.7 Å². The van der Waals surface area contributed by atoms with Crippen LogP contribution in [0.5, 0.6) is 11.5 Å². The van der Waals surface area contributed by atoms with Gasteiger partial charge < -0.3 is 19.3 Å². The Morgan fingerprint density at radius 1 is 1.20 bits per heavy atom. The highest BCUT2D eigenvalue weighted by molar-refractivity contribution is 6.30. The number of nitrogens with one attached hydrogen (secondary N) is 1. The van der Waals surface area contributed by atoms with Crippen molar-refractivity contribution in [2.45, 2.75) is 38.1 Å². The number of likely N-dealkylation sites (tertiary alicyclic amines) is 1. The van der Waals surface area contributed by atoms with Crippen molar-refractivity contribution in [1.82, 2.24) is 20.4 Å². The van der Waals surface area contributed by atoms with Gasteiger partial charge in [-0.1, -0.05) is 22.8 Å².